The molecule has 3 nitrogen and oxygen atoms in total. The van der Waals surface area contributed by atoms with Gasteiger partial charge in [-0.25, -0.2) is 0 Å². The van der Waals surface area contributed by atoms with Gasteiger partial charge in [-0.05, 0) is 39.3 Å². The van der Waals surface area contributed by atoms with Gasteiger partial charge >= 0.3 is 12.6 Å². The number of rotatable bonds is 7. The molecule has 0 unspecified atom stereocenters. The molecule has 0 N–H and O–H groups in total. The van der Waals surface area contributed by atoms with E-state index < -0.39 is 29.2 Å². The Bertz CT molecular complexity index is 334. The molecule has 0 fully saturated rings. The molecule has 0 saturated heterocycles. The third kappa shape index (κ3) is 7.38. The van der Waals surface area contributed by atoms with Crippen LogP contribution in [0.2, 0.25) is 39.3 Å². The van der Waals surface area contributed by atoms with Crippen molar-refractivity contribution < 1.29 is 21.8 Å². The predicted molar refractivity (Wildman–Crippen MR) is 84.1 cm³/mol. The highest BCUT2D eigenvalue weighted by molar-refractivity contribution is 8.06. The topological polar surface area (TPSA) is 35.5 Å². The van der Waals surface area contributed by atoms with Gasteiger partial charge in [-0.15, -0.1) is 0 Å². The maximum absolute atomic E-state index is 14.3. The molecule has 0 aliphatic rings. The predicted octanol–water partition coefficient (Wildman–Crippen LogP) is 5.57. The van der Waals surface area contributed by atoms with Crippen LogP contribution in [0.3, 0.4) is 0 Å². The Morgan fingerprint density at radius 2 is 1.32 bits per heavy atom. The van der Waals surface area contributed by atoms with Crippen LogP contribution >= 0.6 is 19.4 Å². The van der Waals surface area contributed by atoms with Gasteiger partial charge in [-0.3, -0.25) is 4.57 Å². The molecule has 0 rings (SSSR count). The number of hydrogen-bond acceptors (Lipinski definition) is 4. The maximum Gasteiger partial charge on any atom is 0.391 e. The van der Waals surface area contributed by atoms with Gasteiger partial charge in [0.1, 0.15) is 0 Å². The number of thioether (sulfide) groups is 1. The van der Waals surface area contributed by atoms with Crippen LogP contribution in [0.15, 0.2) is 0 Å². The molecule has 116 valence electrons. The summed E-state index contributed by atoms with van der Waals surface area (Å²) < 4.78 is 51.8. The van der Waals surface area contributed by atoms with Crippen molar-refractivity contribution >= 4 is 36.0 Å². The summed E-state index contributed by atoms with van der Waals surface area (Å²) in [6.45, 7) is 13.6. The van der Waals surface area contributed by atoms with E-state index in [0.29, 0.717) is 11.8 Å². The molecular formula is C10H25F2O3PSSi2. The zero-order valence-corrected chi connectivity index (χ0v) is 16.6. The van der Waals surface area contributed by atoms with Gasteiger partial charge in [0.25, 0.3) is 0 Å². The van der Waals surface area contributed by atoms with E-state index >= 15 is 0 Å². The van der Waals surface area contributed by atoms with Gasteiger partial charge in [0.15, 0.2) is 16.6 Å². The van der Waals surface area contributed by atoms with Gasteiger partial charge < -0.3 is 8.43 Å². The minimum absolute atomic E-state index is 0.343. The van der Waals surface area contributed by atoms with Crippen molar-refractivity contribution in [3.05, 3.63) is 0 Å². The molecule has 0 amide bonds. The van der Waals surface area contributed by atoms with Gasteiger partial charge in [0, 0.05) is 5.25 Å². The fraction of sp³-hybridized carbons (Fsp3) is 1.00. The van der Waals surface area contributed by atoms with Crippen molar-refractivity contribution in [2.24, 2.45) is 0 Å². The zero-order valence-electron chi connectivity index (χ0n) is 12.9. The Morgan fingerprint density at radius 1 is 1.00 bits per heavy atom. The summed E-state index contributed by atoms with van der Waals surface area (Å²) in [6.07, 6.45) is 0. The first kappa shape index (κ1) is 19.8. The molecule has 0 aromatic carbocycles. The summed E-state index contributed by atoms with van der Waals surface area (Å²) in [4.78, 5) is -3.51. The van der Waals surface area contributed by atoms with Crippen molar-refractivity contribution in [2.45, 2.75) is 63.4 Å². The highest BCUT2D eigenvalue weighted by Gasteiger charge is 2.57. The standard InChI is InChI=1S/C10H25F2O3PSSi2/c1-9(2)17-10(11,12)16(13,14-18(3,4)5)15-19(6,7)8/h9H,1-8H3. The summed E-state index contributed by atoms with van der Waals surface area (Å²) in [5, 5.41) is -0.362. The highest BCUT2D eigenvalue weighted by Crippen LogP contribution is 2.69. The fourth-order valence-electron chi connectivity index (χ4n) is 1.19. The Hall–Kier alpha value is 0.794. The maximum atomic E-state index is 14.3. The molecule has 0 spiro atoms. The van der Waals surface area contributed by atoms with E-state index in [1.165, 1.54) is 0 Å². The van der Waals surface area contributed by atoms with Crippen LogP contribution in [-0.2, 0) is 13.0 Å². The lowest BCUT2D eigenvalue weighted by atomic mass is 10.6. The SMILES string of the molecule is CC(C)SC(F)(F)P(=O)(O[Si](C)(C)C)O[Si](C)(C)C. The summed E-state index contributed by atoms with van der Waals surface area (Å²) in [5.74, 6) is 0. The molecule has 0 aromatic rings. The van der Waals surface area contributed by atoms with Gasteiger partial charge in [0.05, 0.1) is 0 Å². The molecule has 0 saturated carbocycles. The Morgan fingerprint density at radius 3 is 1.53 bits per heavy atom. The minimum Gasteiger partial charge on any atom is -0.347 e. The number of alkyl halides is 2. The third-order valence-corrected chi connectivity index (χ3v) is 10.2. The van der Waals surface area contributed by atoms with Crippen LogP contribution in [-0.4, -0.2) is 26.9 Å². The second kappa shape index (κ2) is 6.28. The van der Waals surface area contributed by atoms with Crippen molar-refractivity contribution in [3.63, 3.8) is 0 Å². The summed E-state index contributed by atoms with van der Waals surface area (Å²) in [6, 6.07) is 0. The largest absolute Gasteiger partial charge is 0.391 e. The molecule has 0 aromatic heterocycles. The summed E-state index contributed by atoms with van der Waals surface area (Å²) in [7, 11) is -9.29. The fourth-order valence-corrected chi connectivity index (χ4v) is 10.7. The molecule has 0 radical (unpaired) electrons. The molecule has 0 aliphatic heterocycles. The van der Waals surface area contributed by atoms with E-state index in [1.54, 1.807) is 53.1 Å². The minimum atomic E-state index is -4.47. The van der Waals surface area contributed by atoms with E-state index in [2.05, 4.69) is 0 Å². The monoisotopic (exact) mass is 350 g/mol. The van der Waals surface area contributed by atoms with Crippen molar-refractivity contribution in [3.8, 4) is 0 Å². The third-order valence-electron chi connectivity index (χ3n) is 1.48. The van der Waals surface area contributed by atoms with Crippen molar-refractivity contribution in [1.29, 1.82) is 0 Å². The van der Waals surface area contributed by atoms with Crippen LogP contribution in [0.5, 0.6) is 0 Å². The van der Waals surface area contributed by atoms with E-state index in [1.807, 2.05) is 0 Å². The second-order valence-electron chi connectivity index (χ2n) is 6.56. The van der Waals surface area contributed by atoms with Crippen molar-refractivity contribution in [1.82, 2.24) is 0 Å². The first-order valence-corrected chi connectivity index (χ1v) is 15.4. The van der Waals surface area contributed by atoms with Crippen LogP contribution < -0.4 is 0 Å². The molecule has 19 heavy (non-hydrogen) atoms. The lowest BCUT2D eigenvalue weighted by Crippen LogP contribution is -2.35. The summed E-state index contributed by atoms with van der Waals surface area (Å²) in [5.41, 5.74) is 0. The quantitative estimate of drug-likeness (QED) is 0.444. The molecular weight excluding hydrogens is 325 g/mol. The molecule has 0 aliphatic carbocycles. The Balaban J connectivity index is 5.45. The molecule has 9 heteroatoms. The van der Waals surface area contributed by atoms with Gasteiger partial charge in [-0.1, -0.05) is 25.6 Å². The average molecular weight is 351 g/mol. The van der Waals surface area contributed by atoms with Crippen LogP contribution in [0, 0.1) is 0 Å². The summed E-state index contributed by atoms with van der Waals surface area (Å²) >= 11 is 0.343. The lowest BCUT2D eigenvalue weighted by Gasteiger charge is -2.35. The van der Waals surface area contributed by atoms with Crippen LogP contribution in [0.25, 0.3) is 0 Å². The first-order valence-electron chi connectivity index (χ1n) is 6.15. The van der Waals surface area contributed by atoms with E-state index in [0.717, 1.165) is 0 Å². The number of hydrogen-bond donors (Lipinski definition) is 0. The Labute approximate surface area is 121 Å². The van der Waals surface area contributed by atoms with E-state index in [9.17, 15) is 13.3 Å². The van der Waals surface area contributed by atoms with Crippen molar-refractivity contribution in [2.75, 3.05) is 0 Å². The molecule has 0 heterocycles. The lowest BCUT2D eigenvalue weighted by molar-refractivity contribution is 0.155. The normalized spacial score (nSPS) is 15.1. The highest BCUT2D eigenvalue weighted by atomic mass is 32.2. The zero-order chi connectivity index (χ0) is 15.7. The van der Waals surface area contributed by atoms with Gasteiger partial charge in [0.2, 0.25) is 0 Å². The first-order chi connectivity index (χ1) is 8.08. The second-order valence-corrected chi connectivity index (χ2v) is 20.0. The smallest absolute Gasteiger partial charge is 0.347 e. The number of halogens is 2. The van der Waals surface area contributed by atoms with Crippen LogP contribution in [0.4, 0.5) is 8.78 Å². The molecule has 0 atom stereocenters. The molecule has 0 bridgehead atoms. The van der Waals surface area contributed by atoms with E-state index in [-0.39, 0.29) is 5.25 Å². The average Bonchev–Trinajstić information content (AvgIpc) is 1.91. The van der Waals surface area contributed by atoms with Crippen LogP contribution in [0.1, 0.15) is 13.8 Å². The van der Waals surface area contributed by atoms with Gasteiger partial charge in [-0.2, -0.15) is 8.78 Å². The Kier molecular flexibility index (Phi) is 6.54. The van der Waals surface area contributed by atoms with E-state index in [4.69, 9.17) is 8.43 Å².